The molecule has 0 amide bonds. The third-order valence-electron chi connectivity index (χ3n) is 5.76. The van der Waals surface area contributed by atoms with E-state index in [1.807, 2.05) is 0 Å². The average molecular weight is 535 g/mol. The van der Waals surface area contributed by atoms with Crippen molar-refractivity contribution in [2.75, 3.05) is 17.8 Å². The molecule has 2 atom stereocenters. The van der Waals surface area contributed by atoms with Gasteiger partial charge in [0, 0.05) is 22.8 Å². The van der Waals surface area contributed by atoms with Gasteiger partial charge in [0.15, 0.2) is 11.5 Å². The van der Waals surface area contributed by atoms with Crippen LogP contribution >= 0.6 is 11.6 Å². The number of rotatable bonds is 6. The molecule has 0 bridgehead atoms. The van der Waals surface area contributed by atoms with Crippen LogP contribution in [0.2, 0.25) is 5.02 Å². The van der Waals surface area contributed by atoms with Crippen LogP contribution in [0.5, 0.6) is 5.88 Å². The molecular weight excluding hydrogens is 514 g/mol. The fraction of sp³-hybridized carbons (Fsp3) is 0.261. The number of nitrogens with one attached hydrogen (secondary N) is 3. The first-order valence-electron chi connectivity index (χ1n) is 11.0. The van der Waals surface area contributed by atoms with E-state index in [2.05, 4.69) is 30.2 Å². The van der Waals surface area contributed by atoms with E-state index in [-0.39, 0.29) is 29.0 Å². The van der Waals surface area contributed by atoms with Crippen molar-refractivity contribution in [3.63, 3.8) is 0 Å². The number of anilines is 1. The van der Waals surface area contributed by atoms with Crippen LogP contribution in [0, 0.1) is 12.7 Å². The van der Waals surface area contributed by atoms with Crippen molar-refractivity contribution in [1.29, 1.82) is 0 Å². The van der Waals surface area contributed by atoms with Crippen molar-refractivity contribution in [1.82, 2.24) is 25.5 Å². The van der Waals surface area contributed by atoms with Crippen LogP contribution in [0.3, 0.4) is 0 Å². The Morgan fingerprint density at radius 2 is 1.94 bits per heavy atom. The molecule has 3 heterocycles. The molecular formula is C23H21ClF2N6O3S. The van der Waals surface area contributed by atoms with Gasteiger partial charge in [0.05, 0.1) is 5.69 Å². The fourth-order valence-corrected chi connectivity index (χ4v) is 5.31. The molecule has 13 heteroatoms. The molecule has 0 spiro atoms. The van der Waals surface area contributed by atoms with Crippen LogP contribution in [0.25, 0.3) is 22.4 Å². The van der Waals surface area contributed by atoms with Gasteiger partial charge in [-0.1, -0.05) is 11.6 Å². The summed E-state index contributed by atoms with van der Waals surface area (Å²) >= 11 is 5.83. The highest BCUT2D eigenvalue weighted by Gasteiger charge is 2.28. The highest BCUT2D eigenvalue weighted by Crippen LogP contribution is 2.31. The highest BCUT2D eigenvalue weighted by atomic mass is 35.5. The van der Waals surface area contributed by atoms with Crippen LogP contribution < -0.4 is 14.8 Å². The Hall–Kier alpha value is -3.35. The molecule has 4 aromatic rings. The van der Waals surface area contributed by atoms with Crippen LogP contribution in [0.1, 0.15) is 12.1 Å². The van der Waals surface area contributed by atoms with Crippen LogP contribution in [0.15, 0.2) is 47.4 Å². The molecule has 1 aliphatic rings. The molecule has 1 aliphatic heterocycles. The Balaban J connectivity index is 1.44. The zero-order valence-electron chi connectivity index (χ0n) is 18.9. The van der Waals surface area contributed by atoms with E-state index in [0.29, 0.717) is 35.3 Å². The number of hydrogen-bond donors (Lipinski definition) is 3. The second-order valence-electron chi connectivity index (χ2n) is 8.31. The Morgan fingerprint density at radius 1 is 1.17 bits per heavy atom. The monoisotopic (exact) mass is 534 g/mol. The normalized spacial score (nSPS) is 18.3. The number of ether oxygens (including phenoxy) is 1. The number of aryl methyl sites for hydroxylation is 1. The first-order chi connectivity index (χ1) is 17.2. The van der Waals surface area contributed by atoms with Gasteiger partial charge in [-0.25, -0.2) is 22.2 Å². The highest BCUT2D eigenvalue weighted by molar-refractivity contribution is 7.92. The van der Waals surface area contributed by atoms with Gasteiger partial charge in [0.1, 0.15) is 28.4 Å². The Labute approximate surface area is 210 Å². The molecule has 36 heavy (non-hydrogen) atoms. The van der Waals surface area contributed by atoms with Crippen molar-refractivity contribution >= 4 is 38.3 Å². The number of aromatic amines is 1. The number of halogens is 3. The molecule has 3 N–H and O–H groups in total. The largest absolute Gasteiger partial charge is 0.471 e. The van der Waals surface area contributed by atoms with E-state index in [0.717, 1.165) is 12.1 Å². The van der Waals surface area contributed by atoms with Gasteiger partial charge < -0.3 is 10.1 Å². The lowest BCUT2D eigenvalue weighted by molar-refractivity contribution is 0.0707. The first kappa shape index (κ1) is 24.3. The van der Waals surface area contributed by atoms with E-state index in [4.69, 9.17) is 16.3 Å². The maximum absolute atomic E-state index is 14.4. The van der Waals surface area contributed by atoms with E-state index < -0.39 is 33.0 Å². The molecule has 0 saturated carbocycles. The second-order valence-corrected chi connectivity index (χ2v) is 10.4. The van der Waals surface area contributed by atoms with Crippen LogP contribution in [-0.2, 0) is 10.0 Å². The van der Waals surface area contributed by atoms with Gasteiger partial charge in [0.25, 0.3) is 10.0 Å². The SMILES string of the molecule is Cc1n[nH]c2nc(-c3ccc(NS(=O)(=O)c4cc(Cl)ccc4F)cc3)nc(O[C@H]3CCNC[C@H]3F)c12. The summed E-state index contributed by atoms with van der Waals surface area (Å²) in [6, 6.07) is 9.47. The van der Waals surface area contributed by atoms with Gasteiger partial charge in [-0.15, -0.1) is 0 Å². The minimum atomic E-state index is -4.21. The maximum Gasteiger partial charge on any atom is 0.264 e. The first-order valence-corrected chi connectivity index (χ1v) is 12.9. The van der Waals surface area contributed by atoms with E-state index in [1.165, 1.54) is 18.2 Å². The number of fused-ring (bicyclic) bond motifs is 1. The van der Waals surface area contributed by atoms with Gasteiger partial charge in [-0.05, 0) is 62.4 Å². The Bertz CT molecular complexity index is 1530. The maximum atomic E-state index is 14.4. The topological polar surface area (TPSA) is 122 Å². The quantitative estimate of drug-likeness (QED) is 0.342. The number of H-pyrrole nitrogens is 1. The summed E-state index contributed by atoms with van der Waals surface area (Å²) in [6.07, 6.45) is -1.35. The Kier molecular flexibility index (Phi) is 6.49. The standard InChI is InChI=1S/C23H21ClF2N6O3S/c1-12-20-22(31-30-12)28-21(29-23(20)35-18-8-9-27-11-17(18)26)13-2-5-15(6-3-13)32-36(33,34)19-10-14(24)4-7-16(19)25/h2-7,10,17-18,27,32H,8-9,11H2,1H3,(H,28,29,30,31)/t17-,18+/m1/s1. The zero-order valence-corrected chi connectivity index (χ0v) is 20.5. The van der Waals surface area contributed by atoms with Gasteiger partial charge in [-0.2, -0.15) is 10.1 Å². The fourth-order valence-electron chi connectivity index (χ4n) is 3.91. The van der Waals surface area contributed by atoms with Gasteiger partial charge in [-0.3, -0.25) is 9.82 Å². The van der Waals surface area contributed by atoms with E-state index in [1.54, 1.807) is 19.1 Å². The molecule has 9 nitrogen and oxygen atoms in total. The van der Waals surface area contributed by atoms with Crippen molar-refractivity contribution in [3.8, 4) is 17.3 Å². The van der Waals surface area contributed by atoms with Crippen molar-refractivity contribution in [2.24, 2.45) is 0 Å². The molecule has 1 saturated heterocycles. The summed E-state index contributed by atoms with van der Waals surface area (Å²) in [5, 5.41) is 10.6. The summed E-state index contributed by atoms with van der Waals surface area (Å²) in [4.78, 5) is 8.45. The summed E-state index contributed by atoms with van der Waals surface area (Å²) in [5.41, 5.74) is 1.79. The molecule has 0 aliphatic carbocycles. The van der Waals surface area contributed by atoms with Crippen molar-refractivity contribution in [2.45, 2.75) is 30.5 Å². The van der Waals surface area contributed by atoms with Gasteiger partial charge >= 0.3 is 0 Å². The van der Waals surface area contributed by atoms with Crippen LogP contribution in [-0.4, -0.2) is 53.9 Å². The number of hydrogen-bond acceptors (Lipinski definition) is 7. The van der Waals surface area contributed by atoms with Crippen LogP contribution in [0.4, 0.5) is 14.5 Å². The lowest BCUT2D eigenvalue weighted by Crippen LogP contribution is -2.44. The second kappa shape index (κ2) is 9.60. The molecule has 2 aromatic heterocycles. The molecule has 0 unspecified atom stereocenters. The third-order valence-corrected chi connectivity index (χ3v) is 7.39. The molecule has 5 rings (SSSR count). The predicted molar refractivity (Wildman–Crippen MR) is 131 cm³/mol. The molecule has 1 fully saturated rings. The average Bonchev–Trinajstić information content (AvgIpc) is 3.23. The van der Waals surface area contributed by atoms with Crippen molar-refractivity contribution in [3.05, 3.63) is 59.0 Å². The lowest BCUT2D eigenvalue weighted by atomic mass is 10.1. The smallest absolute Gasteiger partial charge is 0.264 e. The summed E-state index contributed by atoms with van der Waals surface area (Å²) in [7, 11) is -4.21. The number of alkyl halides is 1. The molecule has 2 aromatic carbocycles. The lowest BCUT2D eigenvalue weighted by Gasteiger charge is -2.27. The summed E-state index contributed by atoms with van der Waals surface area (Å²) < 4.78 is 62.1. The minimum Gasteiger partial charge on any atom is -0.471 e. The Morgan fingerprint density at radius 3 is 2.69 bits per heavy atom. The summed E-state index contributed by atoms with van der Waals surface area (Å²) in [5.74, 6) is -0.422. The number of sulfonamides is 1. The van der Waals surface area contributed by atoms with E-state index >= 15 is 0 Å². The number of piperidine rings is 1. The molecule has 0 radical (unpaired) electrons. The molecule has 188 valence electrons. The number of benzene rings is 2. The van der Waals surface area contributed by atoms with Gasteiger partial charge in [0.2, 0.25) is 5.88 Å². The van der Waals surface area contributed by atoms with E-state index in [9.17, 15) is 17.2 Å². The summed E-state index contributed by atoms with van der Waals surface area (Å²) in [6.45, 7) is 2.60. The number of nitrogens with zero attached hydrogens (tertiary/aromatic N) is 3. The third kappa shape index (κ3) is 4.84. The number of aromatic nitrogens is 4. The minimum absolute atomic E-state index is 0.0929. The zero-order chi connectivity index (χ0) is 25.4. The predicted octanol–water partition coefficient (Wildman–Crippen LogP) is 4.00. The van der Waals surface area contributed by atoms with Crippen molar-refractivity contribution < 1.29 is 21.9 Å².